The van der Waals surface area contributed by atoms with Crippen molar-refractivity contribution in [1.29, 1.82) is 10.8 Å². The molecule has 0 aliphatic carbocycles. The second-order valence-electron chi connectivity index (χ2n) is 3.51. The zero-order chi connectivity index (χ0) is 11.3. The van der Waals surface area contributed by atoms with Crippen molar-refractivity contribution in [3.8, 4) is 0 Å². The van der Waals surface area contributed by atoms with E-state index in [0.29, 0.717) is 5.41 Å². The number of nitrogens with one attached hydrogen (secondary N) is 2. The van der Waals surface area contributed by atoms with E-state index in [4.69, 9.17) is 10.8 Å². The van der Waals surface area contributed by atoms with Crippen molar-refractivity contribution in [1.82, 2.24) is 0 Å². The highest BCUT2D eigenvalue weighted by Crippen LogP contribution is 2.19. The quantitative estimate of drug-likeness (QED) is 0.512. The summed E-state index contributed by atoms with van der Waals surface area (Å²) in [6.45, 7) is 9.05. The van der Waals surface area contributed by atoms with Gasteiger partial charge in [-0.2, -0.15) is 0 Å². The van der Waals surface area contributed by atoms with Crippen molar-refractivity contribution in [2.45, 2.75) is 40.5 Å². The van der Waals surface area contributed by atoms with Crippen LogP contribution in [0.3, 0.4) is 0 Å². The molecule has 0 bridgehead atoms. The van der Waals surface area contributed by atoms with Crippen LogP contribution in [0.25, 0.3) is 0 Å². The molecule has 4 heteroatoms. The zero-order valence-electron chi connectivity index (χ0n) is 8.73. The first-order valence-electron chi connectivity index (χ1n) is 3.97. The Morgan fingerprint density at radius 1 is 1.08 bits per heavy atom. The largest absolute Gasteiger partial charge is 0.248 e. The highest BCUT2D eigenvalue weighted by molar-refractivity contribution is 7.78. The standard InChI is InChI=1S/C7H16.2CHNS/c1-5-6-7(2,3)4;2*2-1-3/h5-6H2,1-4H3;2*2H. The summed E-state index contributed by atoms with van der Waals surface area (Å²) in [5.41, 5.74) is 0.550. The number of isothiocyanates is 2. The lowest BCUT2D eigenvalue weighted by molar-refractivity contribution is 0.373. The van der Waals surface area contributed by atoms with Gasteiger partial charge in [0, 0.05) is 0 Å². The molecule has 0 aromatic carbocycles. The summed E-state index contributed by atoms with van der Waals surface area (Å²) < 4.78 is 0. The molecular weight excluding hydrogens is 200 g/mol. The average Bonchev–Trinajstić information content (AvgIpc) is 1.87. The van der Waals surface area contributed by atoms with Gasteiger partial charge in [-0.25, -0.2) is 10.8 Å². The van der Waals surface area contributed by atoms with Crippen molar-refractivity contribution in [3.63, 3.8) is 0 Å². The summed E-state index contributed by atoms with van der Waals surface area (Å²) >= 11 is 7.62. The predicted octanol–water partition coefficient (Wildman–Crippen LogP) is 4.17. The van der Waals surface area contributed by atoms with Crippen LogP contribution < -0.4 is 0 Å². The fourth-order valence-electron chi connectivity index (χ4n) is 0.750. The maximum Gasteiger partial charge on any atom is 0.0554 e. The first kappa shape index (κ1) is 18.4. The van der Waals surface area contributed by atoms with Crippen LogP contribution in [0.2, 0.25) is 0 Å². The van der Waals surface area contributed by atoms with Crippen LogP contribution in [-0.2, 0) is 0 Å². The number of thiocarbonyl (C=S) groups is 2. The molecule has 2 N–H and O–H groups in total. The van der Waals surface area contributed by atoms with Crippen LogP contribution in [0.4, 0.5) is 0 Å². The Bertz CT molecular complexity index is 147. The molecule has 2 nitrogen and oxygen atoms in total. The highest BCUT2D eigenvalue weighted by atomic mass is 32.1. The maximum absolute atomic E-state index is 5.77. The number of hydrogen-bond donors (Lipinski definition) is 2. The van der Waals surface area contributed by atoms with E-state index in [9.17, 15) is 0 Å². The molecule has 0 heterocycles. The molecule has 0 saturated heterocycles. The van der Waals surface area contributed by atoms with E-state index in [0.717, 1.165) is 0 Å². The molecule has 13 heavy (non-hydrogen) atoms. The number of rotatable bonds is 1. The average molecular weight is 218 g/mol. The van der Waals surface area contributed by atoms with E-state index >= 15 is 0 Å². The highest BCUT2D eigenvalue weighted by Gasteiger charge is 2.06. The van der Waals surface area contributed by atoms with E-state index in [1.165, 1.54) is 12.8 Å². The summed E-state index contributed by atoms with van der Waals surface area (Å²) in [5, 5.41) is 14.7. The Morgan fingerprint density at radius 2 is 1.31 bits per heavy atom. The molecule has 0 aromatic rings. The third kappa shape index (κ3) is 82.5. The van der Waals surface area contributed by atoms with Crippen molar-refractivity contribution in [2.24, 2.45) is 5.41 Å². The summed E-state index contributed by atoms with van der Waals surface area (Å²) in [7, 11) is 0. The van der Waals surface area contributed by atoms with E-state index in [2.05, 4.69) is 52.1 Å². The first-order chi connectivity index (χ1) is 5.89. The molecule has 0 unspecified atom stereocenters. The Labute approximate surface area is 91.8 Å². The van der Waals surface area contributed by atoms with Gasteiger partial charge < -0.3 is 0 Å². The Morgan fingerprint density at radius 3 is 1.31 bits per heavy atom. The SMILES string of the molecule is CCCC(C)(C)C.N=C=S.N=C=S. The summed E-state index contributed by atoms with van der Waals surface area (Å²) in [6, 6.07) is 0. The van der Waals surface area contributed by atoms with E-state index in [1.807, 2.05) is 0 Å². The monoisotopic (exact) mass is 218 g/mol. The summed E-state index contributed by atoms with van der Waals surface area (Å²) in [6.07, 6.45) is 2.65. The normalized spacial score (nSPS) is 7.69. The lowest BCUT2D eigenvalue weighted by atomic mass is 9.91. The maximum atomic E-state index is 5.77. The lowest BCUT2D eigenvalue weighted by Crippen LogP contribution is -2.02. The topological polar surface area (TPSA) is 47.7 Å². The minimum Gasteiger partial charge on any atom is -0.248 e. The third-order valence-corrected chi connectivity index (χ3v) is 1.000. The molecule has 0 radical (unpaired) electrons. The third-order valence-electron chi connectivity index (χ3n) is 1.000. The van der Waals surface area contributed by atoms with Crippen LogP contribution in [0.5, 0.6) is 0 Å². The van der Waals surface area contributed by atoms with Gasteiger partial charge in [-0.3, -0.25) is 0 Å². The van der Waals surface area contributed by atoms with Gasteiger partial charge in [0.1, 0.15) is 0 Å². The van der Waals surface area contributed by atoms with Crippen molar-refractivity contribution >= 4 is 34.8 Å². The van der Waals surface area contributed by atoms with Crippen LogP contribution in [0, 0.1) is 16.2 Å². The fourth-order valence-corrected chi connectivity index (χ4v) is 0.750. The molecule has 76 valence electrons. The molecule has 0 aliphatic heterocycles. The fraction of sp³-hybridized carbons (Fsp3) is 0.778. The molecular formula is C9H18N2S2. The Balaban J connectivity index is -0.000000140. The first-order valence-corrected chi connectivity index (χ1v) is 4.79. The zero-order valence-corrected chi connectivity index (χ0v) is 10.4. The van der Waals surface area contributed by atoms with Gasteiger partial charge in [-0.1, -0.05) is 34.1 Å². The van der Waals surface area contributed by atoms with Crippen LogP contribution in [0.1, 0.15) is 40.5 Å². The van der Waals surface area contributed by atoms with Crippen LogP contribution in [-0.4, -0.2) is 10.3 Å². The van der Waals surface area contributed by atoms with Gasteiger partial charge in [0.15, 0.2) is 0 Å². The van der Waals surface area contributed by atoms with Gasteiger partial charge in [0.2, 0.25) is 0 Å². The lowest BCUT2D eigenvalue weighted by Gasteiger charge is -2.15. The second-order valence-corrected chi connectivity index (χ2v) is 3.92. The molecule has 0 aromatic heterocycles. The van der Waals surface area contributed by atoms with E-state index in [1.54, 1.807) is 10.3 Å². The van der Waals surface area contributed by atoms with Crippen LogP contribution in [0.15, 0.2) is 0 Å². The minimum absolute atomic E-state index is 0.550. The Kier molecular flexibility index (Phi) is 20.0. The van der Waals surface area contributed by atoms with Gasteiger partial charge in [-0.15, -0.1) is 0 Å². The minimum atomic E-state index is 0.550. The van der Waals surface area contributed by atoms with Crippen molar-refractivity contribution in [2.75, 3.05) is 0 Å². The van der Waals surface area contributed by atoms with E-state index in [-0.39, 0.29) is 0 Å². The van der Waals surface area contributed by atoms with Gasteiger partial charge in [0.25, 0.3) is 0 Å². The molecule has 0 spiro atoms. The molecule has 0 atom stereocenters. The van der Waals surface area contributed by atoms with Gasteiger partial charge >= 0.3 is 0 Å². The van der Waals surface area contributed by atoms with Crippen molar-refractivity contribution in [3.05, 3.63) is 0 Å². The molecule has 0 amide bonds. The Hall–Kier alpha value is -0.400. The second kappa shape index (κ2) is 14.1. The smallest absolute Gasteiger partial charge is 0.0554 e. The van der Waals surface area contributed by atoms with Crippen molar-refractivity contribution < 1.29 is 0 Å². The van der Waals surface area contributed by atoms with Gasteiger partial charge in [-0.05, 0) is 36.3 Å². The molecule has 0 rings (SSSR count). The predicted molar refractivity (Wildman–Crippen MR) is 65.0 cm³/mol. The number of hydrogen-bond acceptors (Lipinski definition) is 4. The van der Waals surface area contributed by atoms with Crippen LogP contribution >= 0.6 is 24.4 Å². The summed E-state index contributed by atoms with van der Waals surface area (Å²) in [5.74, 6) is 0. The molecule has 0 aliphatic rings. The molecule has 0 saturated carbocycles. The summed E-state index contributed by atoms with van der Waals surface area (Å²) in [4.78, 5) is 0. The van der Waals surface area contributed by atoms with E-state index < -0.39 is 0 Å². The van der Waals surface area contributed by atoms with Gasteiger partial charge in [0.05, 0.1) is 10.3 Å². The molecule has 0 fully saturated rings.